The summed E-state index contributed by atoms with van der Waals surface area (Å²) < 4.78 is 0. The third kappa shape index (κ3) is 3.85. The van der Waals surface area contributed by atoms with E-state index >= 15 is 0 Å². The van der Waals surface area contributed by atoms with Gasteiger partial charge in [-0.05, 0) is 22.6 Å². The second-order valence-electron chi connectivity index (χ2n) is 4.75. The van der Waals surface area contributed by atoms with Crippen LogP contribution in [0.2, 0.25) is 0 Å². The Bertz CT molecular complexity index is 623. The van der Waals surface area contributed by atoms with Gasteiger partial charge in [-0.25, -0.2) is 4.79 Å². The summed E-state index contributed by atoms with van der Waals surface area (Å²) in [7, 11) is 0. The molecule has 0 saturated heterocycles. The highest BCUT2D eigenvalue weighted by molar-refractivity contribution is 7.13. The number of amides is 1. The number of carboxylic acids is 1. The van der Waals surface area contributed by atoms with Gasteiger partial charge < -0.3 is 10.4 Å². The van der Waals surface area contributed by atoms with Crippen LogP contribution in [0, 0.1) is 5.92 Å². The fourth-order valence-corrected chi connectivity index (χ4v) is 2.32. The number of tetrazole rings is 1. The number of nitrogens with one attached hydrogen (secondary N) is 1. The van der Waals surface area contributed by atoms with E-state index in [9.17, 15) is 9.59 Å². The minimum Gasteiger partial charge on any atom is -0.480 e. The molecule has 0 aliphatic carbocycles. The van der Waals surface area contributed by atoms with Crippen LogP contribution in [-0.2, 0) is 16.1 Å². The van der Waals surface area contributed by atoms with Crippen molar-refractivity contribution in [2.45, 2.75) is 26.4 Å². The molecule has 0 saturated carbocycles. The molecule has 0 bridgehead atoms. The van der Waals surface area contributed by atoms with Gasteiger partial charge in [0.25, 0.3) is 0 Å². The molecule has 1 atom stereocenters. The summed E-state index contributed by atoms with van der Waals surface area (Å²) in [6.45, 7) is 3.28. The maximum atomic E-state index is 11.8. The number of nitrogens with zero attached hydrogens (tertiary/aromatic N) is 4. The molecule has 0 aliphatic heterocycles. The van der Waals surface area contributed by atoms with Crippen LogP contribution in [-0.4, -0.2) is 43.2 Å². The third-order valence-corrected chi connectivity index (χ3v) is 3.59. The van der Waals surface area contributed by atoms with Crippen LogP contribution in [0.5, 0.6) is 0 Å². The van der Waals surface area contributed by atoms with E-state index < -0.39 is 17.9 Å². The Labute approximate surface area is 124 Å². The number of carboxylic acid groups (broad SMARTS) is 1. The van der Waals surface area contributed by atoms with Crippen molar-refractivity contribution < 1.29 is 14.7 Å². The SMILES string of the molecule is CC(C)C(NC(=O)Cn1nnc(-c2cccs2)n1)C(=O)O. The molecule has 9 heteroatoms. The lowest BCUT2D eigenvalue weighted by atomic mass is 10.1. The molecule has 112 valence electrons. The van der Waals surface area contributed by atoms with Crippen molar-refractivity contribution in [2.24, 2.45) is 5.92 Å². The maximum absolute atomic E-state index is 11.8. The molecule has 2 rings (SSSR count). The van der Waals surface area contributed by atoms with Crippen molar-refractivity contribution in [1.29, 1.82) is 0 Å². The van der Waals surface area contributed by atoms with Gasteiger partial charge in [-0.1, -0.05) is 19.9 Å². The van der Waals surface area contributed by atoms with Crippen LogP contribution in [0.15, 0.2) is 17.5 Å². The van der Waals surface area contributed by atoms with Gasteiger partial charge in [0.05, 0.1) is 4.88 Å². The molecule has 0 aliphatic rings. The molecule has 2 heterocycles. The highest BCUT2D eigenvalue weighted by Crippen LogP contribution is 2.19. The van der Waals surface area contributed by atoms with Gasteiger partial charge >= 0.3 is 5.97 Å². The maximum Gasteiger partial charge on any atom is 0.326 e. The highest BCUT2D eigenvalue weighted by atomic mass is 32.1. The lowest BCUT2D eigenvalue weighted by Gasteiger charge is -2.17. The monoisotopic (exact) mass is 309 g/mol. The number of carbonyl (C=O) groups excluding carboxylic acids is 1. The van der Waals surface area contributed by atoms with Gasteiger partial charge in [-0.2, -0.15) is 4.80 Å². The Morgan fingerprint density at radius 1 is 1.48 bits per heavy atom. The molecule has 0 aromatic carbocycles. The molecular weight excluding hydrogens is 294 g/mol. The second kappa shape index (κ2) is 6.44. The van der Waals surface area contributed by atoms with E-state index in [-0.39, 0.29) is 12.5 Å². The number of rotatable bonds is 6. The van der Waals surface area contributed by atoms with E-state index in [0.717, 1.165) is 9.67 Å². The zero-order valence-corrected chi connectivity index (χ0v) is 12.4. The summed E-state index contributed by atoms with van der Waals surface area (Å²) in [6, 6.07) is 2.79. The minimum absolute atomic E-state index is 0.172. The van der Waals surface area contributed by atoms with Gasteiger partial charge in [0.1, 0.15) is 12.6 Å². The number of aliphatic carboxylic acids is 1. The zero-order chi connectivity index (χ0) is 15.4. The molecule has 8 nitrogen and oxygen atoms in total. The van der Waals surface area contributed by atoms with Crippen molar-refractivity contribution in [3.63, 3.8) is 0 Å². The van der Waals surface area contributed by atoms with Crippen molar-refractivity contribution >= 4 is 23.2 Å². The molecule has 21 heavy (non-hydrogen) atoms. The third-order valence-electron chi connectivity index (χ3n) is 2.73. The number of carbonyl (C=O) groups is 2. The Balaban J connectivity index is 1.98. The first-order valence-electron chi connectivity index (χ1n) is 6.31. The van der Waals surface area contributed by atoms with Gasteiger partial charge in [0.2, 0.25) is 11.7 Å². The van der Waals surface area contributed by atoms with E-state index in [0.29, 0.717) is 5.82 Å². The van der Waals surface area contributed by atoms with Gasteiger partial charge in [0, 0.05) is 0 Å². The predicted molar refractivity (Wildman–Crippen MR) is 75.5 cm³/mol. The Hall–Kier alpha value is -2.29. The lowest BCUT2D eigenvalue weighted by Crippen LogP contribution is -2.45. The highest BCUT2D eigenvalue weighted by Gasteiger charge is 2.23. The molecule has 2 aromatic heterocycles. The van der Waals surface area contributed by atoms with Crippen molar-refractivity contribution in [3.8, 4) is 10.7 Å². The topological polar surface area (TPSA) is 110 Å². The number of hydrogen-bond donors (Lipinski definition) is 2. The molecular formula is C12H15N5O3S. The zero-order valence-electron chi connectivity index (χ0n) is 11.6. The number of aromatic nitrogens is 4. The fourth-order valence-electron chi connectivity index (χ4n) is 1.68. The Morgan fingerprint density at radius 2 is 2.24 bits per heavy atom. The van der Waals surface area contributed by atoms with Crippen LogP contribution in [0.1, 0.15) is 13.8 Å². The minimum atomic E-state index is -1.07. The largest absolute Gasteiger partial charge is 0.480 e. The first-order chi connectivity index (χ1) is 9.97. The summed E-state index contributed by atoms with van der Waals surface area (Å²) in [5, 5.41) is 25.1. The fraction of sp³-hybridized carbons (Fsp3) is 0.417. The summed E-state index contributed by atoms with van der Waals surface area (Å²) >= 11 is 1.47. The van der Waals surface area contributed by atoms with Crippen molar-refractivity contribution in [1.82, 2.24) is 25.5 Å². The Kier molecular flexibility index (Phi) is 4.63. The normalized spacial score (nSPS) is 12.3. The molecule has 0 radical (unpaired) electrons. The van der Waals surface area contributed by atoms with E-state index in [2.05, 4.69) is 20.7 Å². The number of thiophene rings is 1. The van der Waals surface area contributed by atoms with Crippen LogP contribution >= 0.6 is 11.3 Å². The van der Waals surface area contributed by atoms with Crippen LogP contribution in [0.3, 0.4) is 0 Å². The van der Waals surface area contributed by atoms with Crippen molar-refractivity contribution in [2.75, 3.05) is 0 Å². The number of hydrogen-bond acceptors (Lipinski definition) is 6. The average molecular weight is 309 g/mol. The Morgan fingerprint density at radius 3 is 2.81 bits per heavy atom. The van der Waals surface area contributed by atoms with E-state index in [1.807, 2.05) is 17.5 Å². The van der Waals surface area contributed by atoms with Gasteiger partial charge in [0.15, 0.2) is 0 Å². The predicted octanol–water partition coefficient (Wildman–Crippen LogP) is 0.627. The van der Waals surface area contributed by atoms with Crippen LogP contribution in [0.4, 0.5) is 0 Å². The quantitative estimate of drug-likeness (QED) is 0.809. The first kappa shape index (κ1) is 15.1. The molecule has 0 spiro atoms. The smallest absolute Gasteiger partial charge is 0.326 e. The van der Waals surface area contributed by atoms with E-state index in [1.165, 1.54) is 11.3 Å². The van der Waals surface area contributed by atoms with Gasteiger partial charge in [-0.3, -0.25) is 4.79 Å². The summed E-state index contributed by atoms with van der Waals surface area (Å²) in [5.41, 5.74) is 0. The second-order valence-corrected chi connectivity index (χ2v) is 5.70. The molecule has 0 fully saturated rings. The van der Waals surface area contributed by atoms with E-state index in [1.54, 1.807) is 13.8 Å². The summed E-state index contributed by atoms with van der Waals surface area (Å²) in [4.78, 5) is 24.8. The van der Waals surface area contributed by atoms with Crippen LogP contribution < -0.4 is 5.32 Å². The molecule has 1 amide bonds. The standard InChI is InChI=1S/C12H15N5O3S/c1-7(2)10(12(19)20)13-9(18)6-17-15-11(14-16-17)8-4-3-5-21-8/h3-5,7,10H,6H2,1-2H3,(H,13,18)(H,19,20). The summed E-state index contributed by atoms with van der Waals surface area (Å²) in [5.74, 6) is -1.30. The van der Waals surface area contributed by atoms with Gasteiger partial charge in [-0.15, -0.1) is 21.5 Å². The van der Waals surface area contributed by atoms with Crippen molar-refractivity contribution in [3.05, 3.63) is 17.5 Å². The molecule has 2 aromatic rings. The first-order valence-corrected chi connectivity index (χ1v) is 7.19. The summed E-state index contributed by atoms with van der Waals surface area (Å²) in [6.07, 6.45) is 0. The average Bonchev–Trinajstić information content (AvgIpc) is 3.05. The lowest BCUT2D eigenvalue weighted by molar-refractivity contribution is -0.143. The molecule has 2 N–H and O–H groups in total. The van der Waals surface area contributed by atoms with E-state index in [4.69, 9.17) is 5.11 Å². The molecule has 1 unspecified atom stereocenters. The van der Waals surface area contributed by atoms with Crippen LogP contribution in [0.25, 0.3) is 10.7 Å².